The van der Waals surface area contributed by atoms with Gasteiger partial charge >= 0.3 is 5.69 Å². The predicted octanol–water partition coefficient (Wildman–Crippen LogP) is 1.14. The van der Waals surface area contributed by atoms with Crippen LogP contribution in [0.5, 0.6) is 0 Å². The van der Waals surface area contributed by atoms with Crippen LogP contribution in [0.2, 0.25) is 0 Å². The van der Waals surface area contributed by atoms with Gasteiger partial charge in [-0.25, -0.2) is 8.75 Å². The van der Waals surface area contributed by atoms with Crippen LogP contribution in [-0.4, -0.2) is 39.6 Å². The van der Waals surface area contributed by atoms with E-state index < -0.39 is 0 Å². The van der Waals surface area contributed by atoms with Crippen molar-refractivity contribution in [3.05, 3.63) is 15.3 Å². The van der Waals surface area contributed by atoms with Gasteiger partial charge in [-0.05, 0) is 51.3 Å². The number of nitrogens with zero attached hydrogens (tertiary/aromatic N) is 4. The highest BCUT2D eigenvalue weighted by molar-refractivity contribution is 7.03. The van der Waals surface area contributed by atoms with Crippen LogP contribution in [0.1, 0.15) is 33.1 Å². The molecular formula is C13H24N4OS. The third-order valence-electron chi connectivity index (χ3n) is 3.49. The maximum atomic E-state index is 12.2. The van der Waals surface area contributed by atoms with Gasteiger partial charge in [0.25, 0.3) is 0 Å². The van der Waals surface area contributed by atoms with E-state index in [-0.39, 0.29) is 5.69 Å². The van der Waals surface area contributed by atoms with Gasteiger partial charge in [0, 0.05) is 19.6 Å². The third-order valence-corrected chi connectivity index (χ3v) is 4.62. The van der Waals surface area contributed by atoms with E-state index in [9.17, 15) is 4.79 Å². The monoisotopic (exact) mass is 284 g/mol. The molecule has 1 aromatic rings. The average Bonchev–Trinajstić information content (AvgIpc) is 2.67. The molecule has 1 unspecified atom stereocenters. The number of hydrogen-bond acceptors (Lipinski definition) is 4. The van der Waals surface area contributed by atoms with E-state index >= 15 is 0 Å². The maximum Gasteiger partial charge on any atom is 0.339 e. The number of likely N-dealkylation sites (N-methyl/N-ethyl adjacent to an activating group) is 1. The van der Waals surface area contributed by atoms with Crippen LogP contribution in [0.4, 0.5) is 0 Å². The molecule has 0 spiro atoms. The molecular weight excluding hydrogens is 260 g/mol. The first-order valence-corrected chi connectivity index (χ1v) is 7.96. The molecule has 108 valence electrons. The van der Waals surface area contributed by atoms with E-state index in [1.807, 2.05) is 11.5 Å². The molecule has 0 saturated carbocycles. The van der Waals surface area contributed by atoms with E-state index in [2.05, 4.69) is 18.9 Å². The predicted molar refractivity (Wildman–Crippen MR) is 78.6 cm³/mol. The van der Waals surface area contributed by atoms with Gasteiger partial charge < -0.3 is 4.90 Å². The van der Waals surface area contributed by atoms with Crippen LogP contribution in [0, 0.1) is 0 Å². The molecule has 1 fully saturated rings. The number of likely N-dealkylation sites (tertiary alicyclic amines) is 1. The first-order valence-electron chi connectivity index (χ1n) is 7.19. The summed E-state index contributed by atoms with van der Waals surface area (Å²) in [4.78, 5) is 20.2. The van der Waals surface area contributed by atoms with Crippen LogP contribution in [-0.2, 0) is 13.1 Å². The Balaban J connectivity index is 2.34. The van der Waals surface area contributed by atoms with Crippen LogP contribution in [0.25, 0.3) is 0 Å². The third kappa shape index (κ3) is 3.36. The zero-order chi connectivity index (χ0) is 13.8. The maximum absolute atomic E-state index is 12.2. The van der Waals surface area contributed by atoms with Crippen molar-refractivity contribution < 1.29 is 0 Å². The van der Waals surface area contributed by atoms with Gasteiger partial charge in [-0.15, -0.1) is 0 Å². The smallest absolute Gasteiger partial charge is 0.304 e. The number of piperidine rings is 1. The van der Waals surface area contributed by atoms with Crippen LogP contribution >= 0.6 is 11.5 Å². The number of hydrogen-bond donors (Lipinski definition) is 0. The van der Waals surface area contributed by atoms with Gasteiger partial charge in [-0.1, -0.05) is 6.92 Å². The van der Waals surface area contributed by atoms with Crippen molar-refractivity contribution in [3.8, 4) is 0 Å². The van der Waals surface area contributed by atoms with Gasteiger partial charge in [0.2, 0.25) is 4.80 Å². The van der Waals surface area contributed by atoms with Gasteiger partial charge in [0.05, 0.1) is 6.04 Å². The fourth-order valence-electron chi connectivity index (χ4n) is 2.51. The Morgan fingerprint density at radius 1 is 1.42 bits per heavy atom. The number of aryl methyl sites for hydroxylation is 1. The lowest BCUT2D eigenvalue weighted by Gasteiger charge is -2.26. The molecule has 2 heterocycles. The molecule has 1 atom stereocenters. The number of aromatic nitrogens is 2. The molecule has 0 amide bonds. The molecule has 1 aliphatic rings. The summed E-state index contributed by atoms with van der Waals surface area (Å²) in [6, 6.07) is 0.338. The van der Waals surface area contributed by atoms with E-state index in [1.165, 1.54) is 18.0 Å². The highest BCUT2D eigenvalue weighted by atomic mass is 32.1. The first kappa shape index (κ1) is 14.5. The van der Waals surface area contributed by atoms with Crippen molar-refractivity contribution in [2.75, 3.05) is 20.1 Å². The van der Waals surface area contributed by atoms with E-state index in [1.54, 1.807) is 3.96 Å². The lowest BCUT2D eigenvalue weighted by Crippen LogP contribution is -2.36. The summed E-state index contributed by atoms with van der Waals surface area (Å²) in [7, 11) is 2.14. The summed E-state index contributed by atoms with van der Waals surface area (Å²) in [5, 5.41) is 0. The standard InChI is InChI=1S/C13H24N4OS/c1-4-8-16-12(19-17(5-2)13(16)18)14-11-7-6-9-15(3)10-11/h11H,4-10H2,1-3H3. The lowest BCUT2D eigenvalue weighted by molar-refractivity contribution is 0.250. The van der Waals surface area contributed by atoms with Crippen LogP contribution in [0.15, 0.2) is 9.79 Å². The fourth-order valence-corrected chi connectivity index (χ4v) is 3.48. The molecule has 0 aromatic carbocycles. The molecule has 1 aliphatic heterocycles. The Kier molecular flexibility index (Phi) is 4.99. The molecule has 1 aromatic heterocycles. The first-order chi connectivity index (χ1) is 9.15. The summed E-state index contributed by atoms with van der Waals surface area (Å²) in [6.07, 6.45) is 3.30. The molecule has 1 saturated heterocycles. The fraction of sp³-hybridized carbons (Fsp3) is 0.846. The van der Waals surface area contributed by atoms with Crippen LogP contribution < -0.4 is 10.5 Å². The van der Waals surface area contributed by atoms with Crippen molar-refractivity contribution in [1.82, 2.24) is 13.4 Å². The molecule has 0 aliphatic carbocycles. The van der Waals surface area contributed by atoms with Crippen molar-refractivity contribution in [1.29, 1.82) is 0 Å². The molecule has 0 bridgehead atoms. The zero-order valence-corrected chi connectivity index (χ0v) is 12.9. The molecule has 19 heavy (non-hydrogen) atoms. The van der Waals surface area contributed by atoms with Gasteiger partial charge in [0.1, 0.15) is 0 Å². The van der Waals surface area contributed by atoms with Gasteiger partial charge in [-0.3, -0.25) is 9.56 Å². The van der Waals surface area contributed by atoms with Crippen LogP contribution in [0.3, 0.4) is 0 Å². The quantitative estimate of drug-likeness (QED) is 0.832. The highest BCUT2D eigenvalue weighted by Crippen LogP contribution is 2.10. The minimum absolute atomic E-state index is 0.0947. The molecule has 5 nitrogen and oxygen atoms in total. The largest absolute Gasteiger partial charge is 0.339 e. The van der Waals surface area contributed by atoms with Crippen molar-refractivity contribution in [2.24, 2.45) is 4.99 Å². The summed E-state index contributed by atoms with van der Waals surface area (Å²) >= 11 is 1.50. The van der Waals surface area contributed by atoms with Crippen molar-refractivity contribution >= 4 is 11.5 Å². The second-order valence-corrected chi connectivity index (χ2v) is 6.18. The minimum Gasteiger partial charge on any atom is -0.304 e. The lowest BCUT2D eigenvalue weighted by atomic mass is 10.1. The Morgan fingerprint density at radius 2 is 2.21 bits per heavy atom. The normalized spacial score (nSPS) is 22.1. The highest BCUT2D eigenvalue weighted by Gasteiger charge is 2.17. The second-order valence-electron chi connectivity index (χ2n) is 5.19. The summed E-state index contributed by atoms with van der Waals surface area (Å²) in [5.74, 6) is 0. The van der Waals surface area contributed by atoms with E-state index in [0.717, 1.165) is 43.8 Å². The summed E-state index contributed by atoms with van der Waals surface area (Å²) in [5.41, 5.74) is 0.0947. The average molecular weight is 284 g/mol. The minimum atomic E-state index is 0.0947. The molecule has 0 N–H and O–H groups in total. The SMILES string of the molecule is CCCn1c(=NC2CCCN(C)C2)sn(CC)c1=O. The van der Waals surface area contributed by atoms with E-state index in [0.29, 0.717) is 6.04 Å². The Labute approximate surface area is 118 Å². The molecule has 2 rings (SSSR count). The van der Waals surface area contributed by atoms with E-state index in [4.69, 9.17) is 4.99 Å². The van der Waals surface area contributed by atoms with Crippen molar-refractivity contribution in [2.45, 2.75) is 52.2 Å². The number of rotatable bonds is 4. The Morgan fingerprint density at radius 3 is 2.84 bits per heavy atom. The van der Waals surface area contributed by atoms with Crippen molar-refractivity contribution in [3.63, 3.8) is 0 Å². The molecule has 6 heteroatoms. The Bertz CT molecular complexity index is 527. The molecule has 0 radical (unpaired) electrons. The van der Waals surface area contributed by atoms with Gasteiger partial charge in [-0.2, -0.15) is 0 Å². The Hall–Kier alpha value is -0.880. The van der Waals surface area contributed by atoms with Gasteiger partial charge in [0.15, 0.2) is 0 Å². The second kappa shape index (κ2) is 6.52. The summed E-state index contributed by atoms with van der Waals surface area (Å²) < 4.78 is 3.63. The zero-order valence-electron chi connectivity index (χ0n) is 12.1. The topological polar surface area (TPSA) is 42.5 Å². The summed E-state index contributed by atoms with van der Waals surface area (Å²) in [6.45, 7) is 7.76.